The van der Waals surface area contributed by atoms with Crippen LogP contribution in [-0.4, -0.2) is 63.0 Å². The van der Waals surface area contributed by atoms with Crippen LogP contribution in [0.3, 0.4) is 0 Å². The average Bonchev–Trinajstić information content (AvgIpc) is 2.88. The molecule has 0 spiro atoms. The molecule has 2 heterocycles. The van der Waals surface area contributed by atoms with E-state index in [0.717, 1.165) is 32.7 Å². The van der Waals surface area contributed by atoms with Crippen LogP contribution in [0.1, 0.15) is 46.0 Å². The highest BCUT2D eigenvalue weighted by Crippen LogP contribution is 2.20. The van der Waals surface area contributed by atoms with Crippen LogP contribution in [0.2, 0.25) is 0 Å². The summed E-state index contributed by atoms with van der Waals surface area (Å²) in [7, 11) is 2.22. The quantitative estimate of drug-likeness (QED) is 0.745. The van der Waals surface area contributed by atoms with E-state index in [2.05, 4.69) is 31.1 Å². The Morgan fingerprint density at radius 3 is 2.71 bits per heavy atom. The van der Waals surface area contributed by atoms with Crippen molar-refractivity contribution in [3.63, 3.8) is 0 Å². The first-order valence-corrected chi connectivity index (χ1v) is 8.79. The van der Waals surface area contributed by atoms with Crippen molar-refractivity contribution < 1.29 is 9.47 Å². The SMILES string of the molecule is CC(C)CNCC1CCC(COCC2CCCCN2C)O1. The minimum atomic E-state index is 0.310. The minimum absolute atomic E-state index is 0.310. The molecule has 0 amide bonds. The number of likely N-dealkylation sites (tertiary alicyclic amines) is 1. The van der Waals surface area contributed by atoms with Crippen molar-refractivity contribution in [3.05, 3.63) is 0 Å². The fourth-order valence-electron chi connectivity index (χ4n) is 3.28. The number of hydrogen-bond acceptors (Lipinski definition) is 4. The van der Waals surface area contributed by atoms with Gasteiger partial charge in [0.25, 0.3) is 0 Å². The summed E-state index contributed by atoms with van der Waals surface area (Å²) < 4.78 is 12.0. The monoisotopic (exact) mass is 298 g/mol. The second kappa shape index (κ2) is 9.09. The van der Waals surface area contributed by atoms with Crippen molar-refractivity contribution >= 4 is 0 Å². The maximum absolute atomic E-state index is 6.06. The summed E-state index contributed by atoms with van der Waals surface area (Å²) >= 11 is 0. The summed E-state index contributed by atoms with van der Waals surface area (Å²) in [5, 5.41) is 3.49. The highest BCUT2D eigenvalue weighted by atomic mass is 16.5. The van der Waals surface area contributed by atoms with Crippen LogP contribution in [0, 0.1) is 5.92 Å². The molecule has 2 saturated heterocycles. The van der Waals surface area contributed by atoms with Crippen LogP contribution >= 0.6 is 0 Å². The smallest absolute Gasteiger partial charge is 0.0813 e. The van der Waals surface area contributed by atoms with Gasteiger partial charge in [-0.05, 0) is 51.7 Å². The van der Waals surface area contributed by atoms with E-state index in [0.29, 0.717) is 24.2 Å². The molecule has 3 unspecified atom stereocenters. The summed E-state index contributed by atoms with van der Waals surface area (Å²) in [4.78, 5) is 2.44. The maximum atomic E-state index is 6.06. The first kappa shape index (κ1) is 17.2. The summed E-state index contributed by atoms with van der Waals surface area (Å²) in [5.41, 5.74) is 0. The molecule has 4 nitrogen and oxygen atoms in total. The van der Waals surface area contributed by atoms with Crippen molar-refractivity contribution in [2.75, 3.05) is 39.9 Å². The Labute approximate surface area is 130 Å². The third-order valence-electron chi connectivity index (χ3n) is 4.66. The molecular formula is C17H34N2O2. The number of hydrogen-bond donors (Lipinski definition) is 1. The van der Waals surface area contributed by atoms with Crippen LogP contribution in [0.25, 0.3) is 0 Å². The summed E-state index contributed by atoms with van der Waals surface area (Å²) in [6.07, 6.45) is 6.98. The van der Waals surface area contributed by atoms with Crippen molar-refractivity contribution in [3.8, 4) is 0 Å². The molecule has 0 aromatic heterocycles. The first-order valence-electron chi connectivity index (χ1n) is 8.79. The average molecular weight is 298 g/mol. The Kier molecular flexibility index (Phi) is 7.44. The van der Waals surface area contributed by atoms with E-state index in [9.17, 15) is 0 Å². The van der Waals surface area contributed by atoms with Gasteiger partial charge in [-0.1, -0.05) is 20.3 Å². The van der Waals surface area contributed by atoms with Gasteiger partial charge < -0.3 is 19.7 Å². The Hall–Kier alpha value is -0.160. The van der Waals surface area contributed by atoms with Crippen LogP contribution in [0.15, 0.2) is 0 Å². The Morgan fingerprint density at radius 1 is 1.14 bits per heavy atom. The molecule has 2 fully saturated rings. The van der Waals surface area contributed by atoms with Crippen LogP contribution < -0.4 is 5.32 Å². The second-order valence-corrected chi connectivity index (χ2v) is 7.18. The Balaban J connectivity index is 1.53. The lowest BCUT2D eigenvalue weighted by molar-refractivity contribution is -0.0300. The van der Waals surface area contributed by atoms with Gasteiger partial charge in [-0.3, -0.25) is 0 Å². The van der Waals surface area contributed by atoms with E-state index in [-0.39, 0.29) is 0 Å². The van der Waals surface area contributed by atoms with Gasteiger partial charge in [0.05, 0.1) is 25.4 Å². The van der Waals surface area contributed by atoms with Crippen molar-refractivity contribution in [2.45, 2.75) is 64.2 Å². The molecule has 0 aromatic rings. The van der Waals surface area contributed by atoms with E-state index < -0.39 is 0 Å². The molecule has 2 aliphatic heterocycles. The highest BCUT2D eigenvalue weighted by Gasteiger charge is 2.26. The molecule has 1 N–H and O–H groups in total. The van der Waals surface area contributed by atoms with Crippen molar-refractivity contribution in [2.24, 2.45) is 5.92 Å². The summed E-state index contributed by atoms with van der Waals surface area (Å²) in [6, 6.07) is 0.614. The highest BCUT2D eigenvalue weighted by molar-refractivity contribution is 4.77. The van der Waals surface area contributed by atoms with E-state index in [1.807, 2.05) is 0 Å². The lowest BCUT2D eigenvalue weighted by atomic mass is 10.0. The zero-order valence-corrected chi connectivity index (χ0v) is 14.1. The van der Waals surface area contributed by atoms with Gasteiger partial charge in [-0.2, -0.15) is 0 Å². The maximum Gasteiger partial charge on any atom is 0.0813 e. The fraction of sp³-hybridized carbons (Fsp3) is 1.00. The van der Waals surface area contributed by atoms with Crippen LogP contribution in [-0.2, 0) is 9.47 Å². The molecule has 2 aliphatic rings. The van der Waals surface area contributed by atoms with Crippen molar-refractivity contribution in [1.82, 2.24) is 10.2 Å². The number of piperidine rings is 1. The molecule has 0 aromatic carbocycles. The topological polar surface area (TPSA) is 33.7 Å². The molecule has 0 radical (unpaired) electrons. The fourth-order valence-corrected chi connectivity index (χ4v) is 3.28. The van der Waals surface area contributed by atoms with E-state index in [1.54, 1.807) is 0 Å². The third kappa shape index (κ3) is 6.23. The van der Waals surface area contributed by atoms with Gasteiger partial charge in [0.15, 0.2) is 0 Å². The molecule has 0 saturated carbocycles. The molecular weight excluding hydrogens is 264 g/mol. The van der Waals surface area contributed by atoms with Gasteiger partial charge in [0.2, 0.25) is 0 Å². The Morgan fingerprint density at radius 2 is 1.95 bits per heavy atom. The van der Waals surface area contributed by atoms with Gasteiger partial charge >= 0.3 is 0 Å². The van der Waals surface area contributed by atoms with Crippen LogP contribution in [0.5, 0.6) is 0 Å². The summed E-state index contributed by atoms with van der Waals surface area (Å²) in [6.45, 7) is 9.40. The van der Waals surface area contributed by atoms with Gasteiger partial charge in [0, 0.05) is 12.6 Å². The Bertz CT molecular complexity index is 286. The predicted octanol–water partition coefficient (Wildman–Crippen LogP) is 2.28. The normalized spacial score (nSPS) is 31.1. The molecule has 124 valence electrons. The lowest BCUT2D eigenvalue weighted by Crippen LogP contribution is -2.40. The predicted molar refractivity (Wildman–Crippen MR) is 86.7 cm³/mol. The second-order valence-electron chi connectivity index (χ2n) is 7.18. The lowest BCUT2D eigenvalue weighted by Gasteiger charge is -2.32. The molecule has 4 heteroatoms. The number of rotatable bonds is 8. The van der Waals surface area contributed by atoms with Gasteiger partial charge in [-0.25, -0.2) is 0 Å². The third-order valence-corrected chi connectivity index (χ3v) is 4.66. The minimum Gasteiger partial charge on any atom is -0.377 e. The number of nitrogens with zero attached hydrogens (tertiary/aromatic N) is 1. The standard InChI is InChI=1S/C17H34N2O2/c1-14(2)10-18-11-16-7-8-17(21-16)13-20-12-15-6-4-5-9-19(15)3/h14-18H,4-13H2,1-3H3. The summed E-state index contributed by atoms with van der Waals surface area (Å²) in [5.74, 6) is 0.706. The zero-order valence-electron chi connectivity index (χ0n) is 14.1. The number of ether oxygens (including phenoxy) is 2. The molecule has 21 heavy (non-hydrogen) atoms. The molecule has 0 aliphatic carbocycles. The largest absolute Gasteiger partial charge is 0.377 e. The van der Waals surface area contributed by atoms with Gasteiger partial charge in [0.1, 0.15) is 0 Å². The number of likely N-dealkylation sites (N-methyl/N-ethyl adjacent to an activating group) is 1. The van der Waals surface area contributed by atoms with E-state index >= 15 is 0 Å². The number of nitrogens with one attached hydrogen (secondary N) is 1. The molecule has 0 bridgehead atoms. The first-order chi connectivity index (χ1) is 10.1. The van der Waals surface area contributed by atoms with E-state index in [4.69, 9.17) is 9.47 Å². The molecule has 3 atom stereocenters. The zero-order chi connectivity index (χ0) is 15.1. The van der Waals surface area contributed by atoms with Crippen molar-refractivity contribution in [1.29, 1.82) is 0 Å². The van der Waals surface area contributed by atoms with Crippen LogP contribution in [0.4, 0.5) is 0 Å². The van der Waals surface area contributed by atoms with Gasteiger partial charge in [-0.15, -0.1) is 0 Å². The van der Waals surface area contributed by atoms with E-state index in [1.165, 1.54) is 32.2 Å². The molecule has 2 rings (SSSR count).